The van der Waals surface area contributed by atoms with Crippen molar-refractivity contribution >= 4 is 12.6 Å². The fourth-order valence-corrected chi connectivity index (χ4v) is 1.06. The van der Waals surface area contributed by atoms with E-state index in [1.54, 1.807) is 0 Å². The SMILES string of the molecule is N#Cc1ccc(OCCCS)c(F)c1. The molecular weight excluding hydrogens is 201 g/mol. The Morgan fingerprint density at radius 2 is 2.29 bits per heavy atom. The zero-order valence-electron chi connectivity index (χ0n) is 7.53. The molecule has 0 amide bonds. The van der Waals surface area contributed by atoms with Gasteiger partial charge in [-0.15, -0.1) is 0 Å². The largest absolute Gasteiger partial charge is 0.490 e. The molecule has 0 unspecified atom stereocenters. The van der Waals surface area contributed by atoms with E-state index in [4.69, 9.17) is 10.00 Å². The van der Waals surface area contributed by atoms with Crippen LogP contribution in [0.25, 0.3) is 0 Å². The number of hydrogen-bond donors (Lipinski definition) is 1. The maximum Gasteiger partial charge on any atom is 0.166 e. The Kier molecular flexibility index (Phi) is 4.27. The predicted molar refractivity (Wildman–Crippen MR) is 55.1 cm³/mol. The first-order valence-corrected chi connectivity index (χ1v) is 4.84. The van der Waals surface area contributed by atoms with Crippen LogP contribution in [0.3, 0.4) is 0 Å². The fourth-order valence-electron chi connectivity index (χ4n) is 0.934. The standard InChI is InChI=1S/C10H10FNOS/c11-9-6-8(7-12)2-3-10(9)13-4-1-5-14/h2-3,6,14H,1,4-5H2. The topological polar surface area (TPSA) is 33.0 Å². The van der Waals surface area contributed by atoms with Gasteiger partial charge in [-0.1, -0.05) is 0 Å². The molecule has 4 heteroatoms. The molecule has 1 rings (SSSR count). The quantitative estimate of drug-likeness (QED) is 0.612. The molecule has 0 radical (unpaired) electrons. The first-order chi connectivity index (χ1) is 6.77. The molecule has 0 spiro atoms. The number of halogens is 1. The molecule has 2 nitrogen and oxygen atoms in total. The van der Waals surface area contributed by atoms with Gasteiger partial charge in [0.2, 0.25) is 0 Å². The van der Waals surface area contributed by atoms with Crippen LogP contribution >= 0.6 is 12.6 Å². The van der Waals surface area contributed by atoms with Crippen LogP contribution < -0.4 is 4.74 Å². The van der Waals surface area contributed by atoms with Gasteiger partial charge >= 0.3 is 0 Å². The van der Waals surface area contributed by atoms with E-state index < -0.39 is 5.82 Å². The molecule has 0 saturated heterocycles. The zero-order valence-corrected chi connectivity index (χ0v) is 8.43. The molecule has 0 aliphatic heterocycles. The van der Waals surface area contributed by atoms with E-state index in [0.717, 1.165) is 12.5 Å². The Labute approximate surface area is 87.7 Å². The minimum Gasteiger partial charge on any atom is -0.490 e. The van der Waals surface area contributed by atoms with E-state index in [1.165, 1.54) is 12.1 Å². The number of hydrogen-bond acceptors (Lipinski definition) is 3. The van der Waals surface area contributed by atoms with Crippen molar-refractivity contribution in [1.82, 2.24) is 0 Å². The van der Waals surface area contributed by atoms with Crippen LogP contribution in [0.5, 0.6) is 5.75 Å². The molecule has 0 saturated carbocycles. The molecule has 74 valence electrons. The van der Waals surface area contributed by atoms with E-state index in [2.05, 4.69) is 12.6 Å². The number of benzene rings is 1. The van der Waals surface area contributed by atoms with Gasteiger partial charge in [0.1, 0.15) is 0 Å². The second kappa shape index (κ2) is 5.51. The Bertz CT molecular complexity index is 348. The van der Waals surface area contributed by atoms with Crippen LogP contribution in [0, 0.1) is 17.1 Å². The average Bonchev–Trinajstić information content (AvgIpc) is 2.20. The van der Waals surface area contributed by atoms with Crippen LogP contribution in [-0.4, -0.2) is 12.4 Å². The number of rotatable bonds is 4. The van der Waals surface area contributed by atoms with Crippen molar-refractivity contribution in [1.29, 1.82) is 5.26 Å². The second-order valence-electron chi connectivity index (χ2n) is 2.68. The lowest BCUT2D eigenvalue weighted by Crippen LogP contribution is -1.99. The van der Waals surface area contributed by atoms with E-state index in [-0.39, 0.29) is 5.75 Å². The number of nitriles is 1. The van der Waals surface area contributed by atoms with Gasteiger partial charge in [-0.3, -0.25) is 0 Å². The monoisotopic (exact) mass is 211 g/mol. The van der Waals surface area contributed by atoms with Crippen LogP contribution in [0.15, 0.2) is 18.2 Å². The summed E-state index contributed by atoms with van der Waals surface area (Å²) in [5.74, 6) is 0.395. The second-order valence-corrected chi connectivity index (χ2v) is 3.13. The lowest BCUT2D eigenvalue weighted by Gasteiger charge is -2.05. The average molecular weight is 211 g/mol. The van der Waals surface area contributed by atoms with Crippen LogP contribution in [0.4, 0.5) is 4.39 Å². The Morgan fingerprint density at radius 1 is 1.50 bits per heavy atom. The minimum absolute atomic E-state index is 0.186. The highest BCUT2D eigenvalue weighted by molar-refractivity contribution is 7.80. The molecule has 14 heavy (non-hydrogen) atoms. The maximum absolute atomic E-state index is 13.2. The Hall–Kier alpha value is -1.21. The van der Waals surface area contributed by atoms with Gasteiger partial charge in [0.15, 0.2) is 11.6 Å². The lowest BCUT2D eigenvalue weighted by molar-refractivity contribution is 0.302. The molecule has 0 aliphatic carbocycles. The van der Waals surface area contributed by atoms with E-state index >= 15 is 0 Å². The third kappa shape index (κ3) is 2.93. The van der Waals surface area contributed by atoms with Crippen LogP contribution in [0.1, 0.15) is 12.0 Å². The van der Waals surface area contributed by atoms with Crippen LogP contribution in [-0.2, 0) is 0 Å². The van der Waals surface area contributed by atoms with Gasteiger partial charge in [0.05, 0.1) is 18.2 Å². The van der Waals surface area contributed by atoms with Crippen molar-refractivity contribution < 1.29 is 9.13 Å². The van der Waals surface area contributed by atoms with Crippen molar-refractivity contribution in [3.8, 4) is 11.8 Å². The van der Waals surface area contributed by atoms with Gasteiger partial charge in [0.25, 0.3) is 0 Å². The summed E-state index contributed by atoms with van der Waals surface area (Å²) in [5, 5.41) is 8.50. The normalized spacial score (nSPS) is 9.50. The van der Waals surface area contributed by atoms with Crippen LogP contribution in [0.2, 0.25) is 0 Å². The van der Waals surface area contributed by atoms with Gasteiger partial charge < -0.3 is 4.74 Å². The molecular formula is C10H10FNOS. The number of nitrogens with zero attached hydrogens (tertiary/aromatic N) is 1. The summed E-state index contributed by atoms with van der Waals surface area (Å²) < 4.78 is 18.3. The summed E-state index contributed by atoms with van der Waals surface area (Å²) >= 11 is 4.01. The molecule has 1 aromatic rings. The minimum atomic E-state index is -0.497. The summed E-state index contributed by atoms with van der Waals surface area (Å²) in [5.41, 5.74) is 0.295. The van der Waals surface area contributed by atoms with Gasteiger partial charge in [-0.2, -0.15) is 17.9 Å². The smallest absolute Gasteiger partial charge is 0.166 e. The molecule has 0 bridgehead atoms. The highest BCUT2D eigenvalue weighted by Gasteiger charge is 2.03. The summed E-state index contributed by atoms with van der Waals surface area (Å²) in [6.07, 6.45) is 0.766. The van der Waals surface area contributed by atoms with Crippen molar-refractivity contribution in [2.75, 3.05) is 12.4 Å². The first kappa shape index (κ1) is 10.9. The summed E-state index contributed by atoms with van der Waals surface area (Å²) in [7, 11) is 0. The summed E-state index contributed by atoms with van der Waals surface area (Å²) in [6, 6.07) is 6.01. The molecule has 0 N–H and O–H groups in total. The number of ether oxygens (including phenoxy) is 1. The van der Waals surface area contributed by atoms with Gasteiger partial charge in [-0.05, 0) is 30.4 Å². The van der Waals surface area contributed by atoms with E-state index in [0.29, 0.717) is 17.9 Å². The zero-order chi connectivity index (χ0) is 10.4. The molecule has 0 atom stereocenters. The fraction of sp³-hybridized carbons (Fsp3) is 0.300. The van der Waals surface area contributed by atoms with E-state index in [1.807, 2.05) is 6.07 Å². The lowest BCUT2D eigenvalue weighted by atomic mass is 10.2. The third-order valence-electron chi connectivity index (χ3n) is 1.62. The summed E-state index contributed by atoms with van der Waals surface area (Å²) in [6.45, 7) is 0.437. The first-order valence-electron chi connectivity index (χ1n) is 4.21. The summed E-state index contributed by atoms with van der Waals surface area (Å²) in [4.78, 5) is 0. The van der Waals surface area contributed by atoms with E-state index in [9.17, 15) is 4.39 Å². The highest BCUT2D eigenvalue weighted by Crippen LogP contribution is 2.17. The Morgan fingerprint density at radius 3 is 2.86 bits per heavy atom. The maximum atomic E-state index is 13.2. The van der Waals surface area contributed by atoms with Crippen molar-refractivity contribution in [2.24, 2.45) is 0 Å². The molecule has 0 fully saturated rings. The third-order valence-corrected chi connectivity index (χ3v) is 1.94. The van der Waals surface area contributed by atoms with Gasteiger partial charge in [0, 0.05) is 0 Å². The van der Waals surface area contributed by atoms with Gasteiger partial charge in [-0.25, -0.2) is 4.39 Å². The molecule has 0 aliphatic rings. The molecule has 0 heterocycles. The Balaban J connectivity index is 2.65. The van der Waals surface area contributed by atoms with Crippen molar-refractivity contribution in [3.05, 3.63) is 29.6 Å². The predicted octanol–water partition coefficient (Wildman–Crippen LogP) is 2.40. The highest BCUT2D eigenvalue weighted by atomic mass is 32.1. The van der Waals surface area contributed by atoms with Crippen molar-refractivity contribution in [3.63, 3.8) is 0 Å². The molecule has 0 aromatic heterocycles. The number of thiol groups is 1. The van der Waals surface area contributed by atoms with Crippen molar-refractivity contribution in [2.45, 2.75) is 6.42 Å². The molecule has 1 aromatic carbocycles.